The van der Waals surface area contributed by atoms with Crippen LogP contribution in [0, 0.1) is 0 Å². The maximum atomic E-state index is 12.5. The van der Waals surface area contributed by atoms with Crippen LogP contribution in [-0.4, -0.2) is 23.0 Å². The summed E-state index contributed by atoms with van der Waals surface area (Å²) in [4.78, 5) is 29.1. The highest BCUT2D eigenvalue weighted by atomic mass is 32.1. The number of aromatic nitrogens is 1. The van der Waals surface area contributed by atoms with E-state index in [1.807, 2.05) is 36.4 Å². The predicted molar refractivity (Wildman–Crippen MR) is 114 cm³/mol. The van der Waals surface area contributed by atoms with Gasteiger partial charge in [0.05, 0.1) is 16.3 Å². The summed E-state index contributed by atoms with van der Waals surface area (Å²) in [6.45, 7) is 1.59. The van der Waals surface area contributed by atoms with Crippen molar-refractivity contribution in [2.24, 2.45) is 0 Å². The Kier molecular flexibility index (Phi) is 5.71. The van der Waals surface area contributed by atoms with Crippen LogP contribution in [0.3, 0.4) is 0 Å². The second kappa shape index (κ2) is 8.57. The first-order valence-corrected chi connectivity index (χ1v) is 10.5. The van der Waals surface area contributed by atoms with Gasteiger partial charge in [0.15, 0.2) is 6.10 Å². The van der Waals surface area contributed by atoms with Crippen molar-refractivity contribution in [3.8, 4) is 0 Å². The molecule has 6 heteroatoms. The third kappa shape index (κ3) is 4.54. The smallest absolute Gasteiger partial charge is 0.331 e. The molecule has 0 saturated carbocycles. The van der Waals surface area contributed by atoms with Gasteiger partial charge in [-0.05, 0) is 55.5 Å². The molecule has 2 atom stereocenters. The molecule has 2 aromatic carbocycles. The number of rotatable bonds is 5. The highest BCUT2D eigenvalue weighted by molar-refractivity contribution is 7.19. The van der Waals surface area contributed by atoms with Crippen molar-refractivity contribution in [1.29, 1.82) is 0 Å². The summed E-state index contributed by atoms with van der Waals surface area (Å²) in [7, 11) is 0. The van der Waals surface area contributed by atoms with Gasteiger partial charge in [0.1, 0.15) is 5.01 Å². The zero-order valence-electron chi connectivity index (χ0n) is 16.1. The van der Waals surface area contributed by atoms with Crippen molar-refractivity contribution in [3.63, 3.8) is 0 Å². The van der Waals surface area contributed by atoms with E-state index in [4.69, 9.17) is 4.74 Å². The van der Waals surface area contributed by atoms with Crippen LogP contribution >= 0.6 is 11.3 Å². The Morgan fingerprint density at radius 3 is 2.86 bits per heavy atom. The van der Waals surface area contributed by atoms with E-state index in [9.17, 15) is 9.59 Å². The molecule has 0 unspecified atom stereocenters. The van der Waals surface area contributed by atoms with Gasteiger partial charge in [-0.3, -0.25) is 4.79 Å². The SMILES string of the molecule is C[C@@H](OC(=O)/C=C/c1nc2ccccc2s1)C(=O)N[C@@H]1CCCc2ccccc21. The minimum Gasteiger partial charge on any atom is -0.449 e. The first-order chi connectivity index (χ1) is 14.1. The topological polar surface area (TPSA) is 68.3 Å². The van der Waals surface area contributed by atoms with Crippen molar-refractivity contribution in [2.75, 3.05) is 0 Å². The summed E-state index contributed by atoms with van der Waals surface area (Å²) in [5.74, 6) is -0.843. The maximum absolute atomic E-state index is 12.5. The van der Waals surface area contributed by atoms with E-state index < -0.39 is 12.1 Å². The molecule has 1 aliphatic carbocycles. The second-order valence-corrected chi connectivity index (χ2v) is 8.15. The molecule has 1 aliphatic rings. The Bertz CT molecular complexity index is 1040. The number of nitrogens with zero attached hydrogens (tertiary/aromatic N) is 1. The molecule has 0 aliphatic heterocycles. The van der Waals surface area contributed by atoms with E-state index in [2.05, 4.69) is 22.4 Å². The maximum Gasteiger partial charge on any atom is 0.331 e. The monoisotopic (exact) mass is 406 g/mol. The number of hydrogen-bond donors (Lipinski definition) is 1. The molecule has 5 nitrogen and oxygen atoms in total. The fourth-order valence-electron chi connectivity index (χ4n) is 3.56. The lowest BCUT2D eigenvalue weighted by Gasteiger charge is -2.27. The zero-order valence-corrected chi connectivity index (χ0v) is 16.9. The lowest BCUT2D eigenvalue weighted by atomic mass is 9.87. The first kappa shape index (κ1) is 19.3. The van der Waals surface area contributed by atoms with Gasteiger partial charge in [0.25, 0.3) is 5.91 Å². The Balaban J connectivity index is 1.34. The Labute approximate surface area is 173 Å². The highest BCUT2D eigenvalue weighted by Crippen LogP contribution is 2.29. The molecule has 0 saturated heterocycles. The lowest BCUT2D eigenvalue weighted by molar-refractivity contribution is -0.150. The number of carbonyl (C=O) groups excluding carboxylic acids is 2. The number of ether oxygens (including phenoxy) is 1. The minimum absolute atomic E-state index is 0.0353. The molecular weight excluding hydrogens is 384 g/mol. The third-order valence-electron chi connectivity index (χ3n) is 5.02. The Morgan fingerprint density at radius 1 is 1.21 bits per heavy atom. The molecule has 1 N–H and O–H groups in total. The van der Waals surface area contributed by atoms with Gasteiger partial charge >= 0.3 is 5.97 Å². The summed E-state index contributed by atoms with van der Waals surface area (Å²) >= 11 is 1.50. The van der Waals surface area contributed by atoms with E-state index >= 15 is 0 Å². The summed E-state index contributed by atoms with van der Waals surface area (Å²) in [5.41, 5.74) is 3.32. The van der Waals surface area contributed by atoms with E-state index in [0.717, 1.165) is 40.1 Å². The Hall–Kier alpha value is -2.99. The van der Waals surface area contributed by atoms with Crippen molar-refractivity contribution in [3.05, 3.63) is 70.7 Å². The van der Waals surface area contributed by atoms with Gasteiger partial charge in [-0.2, -0.15) is 0 Å². The molecule has 4 rings (SSSR count). The predicted octanol–water partition coefficient (Wildman–Crippen LogP) is 4.44. The normalized spacial score (nSPS) is 17.1. The van der Waals surface area contributed by atoms with Crippen molar-refractivity contribution < 1.29 is 14.3 Å². The molecule has 148 valence electrons. The number of amides is 1. The van der Waals surface area contributed by atoms with E-state index in [1.54, 1.807) is 13.0 Å². The summed E-state index contributed by atoms with van der Waals surface area (Å²) in [6.07, 6.45) is 5.02. The molecule has 0 spiro atoms. The molecule has 3 aromatic rings. The van der Waals surface area contributed by atoms with Crippen LogP contribution < -0.4 is 5.32 Å². The van der Waals surface area contributed by atoms with E-state index in [0.29, 0.717) is 0 Å². The zero-order chi connectivity index (χ0) is 20.2. The van der Waals surface area contributed by atoms with Gasteiger partial charge in [-0.15, -0.1) is 11.3 Å². The molecular formula is C23H22N2O3S. The molecule has 29 heavy (non-hydrogen) atoms. The van der Waals surface area contributed by atoms with Crippen molar-refractivity contribution in [1.82, 2.24) is 10.3 Å². The molecule has 1 amide bonds. The van der Waals surface area contributed by atoms with E-state index in [1.165, 1.54) is 23.0 Å². The number of nitrogens with one attached hydrogen (secondary N) is 1. The number of para-hydroxylation sites is 1. The van der Waals surface area contributed by atoms with Crippen LogP contribution in [0.5, 0.6) is 0 Å². The first-order valence-electron chi connectivity index (χ1n) is 9.72. The number of thiazole rings is 1. The van der Waals surface area contributed by atoms with Gasteiger partial charge < -0.3 is 10.1 Å². The number of fused-ring (bicyclic) bond motifs is 2. The average molecular weight is 407 g/mol. The van der Waals surface area contributed by atoms with E-state index in [-0.39, 0.29) is 11.9 Å². The molecule has 1 aromatic heterocycles. The van der Waals surface area contributed by atoms with Crippen LogP contribution in [0.25, 0.3) is 16.3 Å². The largest absolute Gasteiger partial charge is 0.449 e. The standard InChI is InChI=1S/C23H22N2O3S/c1-15(23(27)25-18-11-6-8-16-7-2-3-9-17(16)18)28-22(26)14-13-21-24-19-10-4-5-12-20(19)29-21/h2-5,7,9-10,12-15,18H,6,8,11H2,1H3,(H,25,27)/b14-13+/t15-,18-/m1/s1. The number of hydrogen-bond acceptors (Lipinski definition) is 5. The van der Waals surface area contributed by atoms with Crippen molar-refractivity contribution in [2.45, 2.75) is 38.3 Å². The van der Waals surface area contributed by atoms with Crippen LogP contribution in [0.2, 0.25) is 0 Å². The number of benzene rings is 2. The van der Waals surface area contributed by atoms with Crippen LogP contribution in [0.15, 0.2) is 54.6 Å². The fourth-order valence-corrected chi connectivity index (χ4v) is 4.43. The minimum atomic E-state index is -0.864. The second-order valence-electron chi connectivity index (χ2n) is 7.08. The van der Waals surface area contributed by atoms with Crippen molar-refractivity contribution >= 4 is 39.5 Å². The van der Waals surface area contributed by atoms with Gasteiger partial charge in [-0.25, -0.2) is 9.78 Å². The molecule has 0 bridgehead atoms. The Morgan fingerprint density at radius 2 is 2.00 bits per heavy atom. The van der Waals surface area contributed by atoms with Gasteiger partial charge in [0.2, 0.25) is 0 Å². The van der Waals surface area contributed by atoms with Crippen LogP contribution in [-0.2, 0) is 20.7 Å². The lowest BCUT2D eigenvalue weighted by Crippen LogP contribution is -2.39. The average Bonchev–Trinajstić information content (AvgIpc) is 3.15. The quantitative estimate of drug-likeness (QED) is 0.503. The number of carbonyl (C=O) groups is 2. The summed E-state index contributed by atoms with van der Waals surface area (Å²) in [5, 5.41) is 3.74. The summed E-state index contributed by atoms with van der Waals surface area (Å²) in [6, 6.07) is 15.9. The summed E-state index contributed by atoms with van der Waals surface area (Å²) < 4.78 is 6.33. The fraction of sp³-hybridized carbons (Fsp3) is 0.261. The molecule has 0 radical (unpaired) electrons. The van der Waals surface area contributed by atoms with Crippen LogP contribution in [0.1, 0.15) is 41.9 Å². The number of aryl methyl sites for hydroxylation is 1. The molecule has 0 fully saturated rings. The molecule has 1 heterocycles. The van der Waals surface area contributed by atoms with Gasteiger partial charge in [0, 0.05) is 6.08 Å². The van der Waals surface area contributed by atoms with Gasteiger partial charge in [-0.1, -0.05) is 36.4 Å². The number of esters is 1. The highest BCUT2D eigenvalue weighted by Gasteiger charge is 2.24. The third-order valence-corrected chi connectivity index (χ3v) is 6.02. The van der Waals surface area contributed by atoms with Crippen LogP contribution in [0.4, 0.5) is 0 Å².